The normalized spacial score (nSPS) is 18.5. The molecule has 4 amide bonds. The standard InChI is InChI=1S/C46H79N5O8/c1-15-32(8)41(50(11)45(55)39(30(4)5)48-44(54)40(31(6)7)49(10)25-19-21-29(2)3)37(57-12)28-38(52)51-26-20-24-36(51)42(58-13)33(9)43(53)47-35(46(56)59-14)27-34-22-17-16-18-23-34/h16-18,22-23,29-33,35-37,39-42H,15,19-21,24-28H2,1-14H3,(H,47,53)(H,48,54)/t32-,33+,35-,36-,37+,39-,40-,41-,42+/m0/s1. The summed E-state index contributed by atoms with van der Waals surface area (Å²) in [6.07, 6.45) is 3.14. The maximum atomic E-state index is 14.5. The van der Waals surface area contributed by atoms with Gasteiger partial charge in [0.1, 0.15) is 12.1 Å². The summed E-state index contributed by atoms with van der Waals surface area (Å²) >= 11 is 0. The Kier molecular flexibility index (Phi) is 22.1. The number of nitrogens with zero attached hydrogens (tertiary/aromatic N) is 3. The van der Waals surface area contributed by atoms with E-state index >= 15 is 0 Å². The van der Waals surface area contributed by atoms with E-state index in [0.29, 0.717) is 18.9 Å². The fourth-order valence-corrected chi connectivity index (χ4v) is 8.67. The molecule has 2 N–H and O–H groups in total. The molecule has 9 atom stereocenters. The second kappa shape index (κ2) is 25.3. The van der Waals surface area contributed by atoms with Crippen molar-refractivity contribution in [3.63, 3.8) is 0 Å². The lowest BCUT2D eigenvalue weighted by Gasteiger charge is -2.41. The van der Waals surface area contributed by atoms with Crippen LogP contribution in [0.25, 0.3) is 0 Å². The van der Waals surface area contributed by atoms with E-state index in [0.717, 1.165) is 37.8 Å². The first-order chi connectivity index (χ1) is 27.8. The second-order valence-corrected chi connectivity index (χ2v) is 17.8. The van der Waals surface area contributed by atoms with Gasteiger partial charge in [-0.1, -0.05) is 99.1 Å². The topological polar surface area (TPSA) is 147 Å². The lowest BCUT2D eigenvalue weighted by molar-refractivity contribution is -0.149. The van der Waals surface area contributed by atoms with E-state index in [1.807, 2.05) is 78.9 Å². The van der Waals surface area contributed by atoms with E-state index in [2.05, 4.69) is 29.4 Å². The first-order valence-corrected chi connectivity index (χ1v) is 21.9. The second-order valence-electron chi connectivity index (χ2n) is 17.8. The fourth-order valence-electron chi connectivity index (χ4n) is 8.67. The molecule has 2 rings (SSSR count). The zero-order valence-corrected chi connectivity index (χ0v) is 38.8. The number of benzene rings is 1. The highest BCUT2D eigenvalue weighted by Crippen LogP contribution is 2.30. The average molecular weight is 830 g/mol. The van der Waals surface area contributed by atoms with Gasteiger partial charge < -0.3 is 34.6 Å². The van der Waals surface area contributed by atoms with Crippen LogP contribution < -0.4 is 10.6 Å². The molecule has 13 heteroatoms. The van der Waals surface area contributed by atoms with Gasteiger partial charge in [0, 0.05) is 34.2 Å². The Hall–Kier alpha value is -3.55. The van der Waals surface area contributed by atoms with Gasteiger partial charge >= 0.3 is 5.97 Å². The van der Waals surface area contributed by atoms with Crippen molar-refractivity contribution in [2.24, 2.45) is 29.6 Å². The summed E-state index contributed by atoms with van der Waals surface area (Å²) in [5, 5.41) is 6.00. The van der Waals surface area contributed by atoms with E-state index in [1.165, 1.54) is 14.2 Å². The number of likely N-dealkylation sites (N-methyl/N-ethyl adjacent to an activating group) is 2. The SMILES string of the molecule is CC[C@H](C)[C@@H]([C@@H](CC(=O)N1CCC[C@H]1[C@H](OC)[C@@H](C)C(=O)N[C@@H](Cc1ccccc1)C(=O)OC)OC)N(C)C(=O)[C@@H](NC(=O)[C@H](C(C)C)N(C)CCCC(C)C)C(C)C. The van der Waals surface area contributed by atoms with E-state index in [-0.39, 0.29) is 54.2 Å². The summed E-state index contributed by atoms with van der Waals surface area (Å²) in [5.41, 5.74) is 0.877. The van der Waals surface area contributed by atoms with Gasteiger partial charge in [0.05, 0.1) is 49.8 Å². The molecular weight excluding hydrogens is 751 g/mol. The molecule has 1 aromatic rings. The number of likely N-dealkylation sites (tertiary alicyclic amines) is 1. The maximum Gasteiger partial charge on any atom is 0.328 e. The Balaban J connectivity index is 2.28. The van der Waals surface area contributed by atoms with Gasteiger partial charge in [-0.25, -0.2) is 4.79 Å². The highest BCUT2D eigenvalue weighted by molar-refractivity contribution is 5.90. The van der Waals surface area contributed by atoms with Crippen LogP contribution in [0.4, 0.5) is 0 Å². The number of carbonyl (C=O) groups is 5. The number of methoxy groups -OCH3 is 3. The van der Waals surface area contributed by atoms with Crippen LogP contribution in [0.1, 0.15) is 106 Å². The molecule has 1 saturated heterocycles. The van der Waals surface area contributed by atoms with Gasteiger partial charge in [-0.2, -0.15) is 0 Å². The van der Waals surface area contributed by atoms with Crippen molar-refractivity contribution >= 4 is 29.6 Å². The van der Waals surface area contributed by atoms with Gasteiger partial charge in [0.25, 0.3) is 0 Å². The van der Waals surface area contributed by atoms with Crippen LogP contribution in [0.3, 0.4) is 0 Å². The first-order valence-electron chi connectivity index (χ1n) is 21.9. The van der Waals surface area contributed by atoms with Crippen LogP contribution in [-0.4, -0.2) is 135 Å². The lowest BCUT2D eigenvalue weighted by atomic mass is 9.89. The lowest BCUT2D eigenvalue weighted by Crippen LogP contribution is -2.60. The zero-order valence-electron chi connectivity index (χ0n) is 38.8. The summed E-state index contributed by atoms with van der Waals surface area (Å²) in [6, 6.07) is 6.48. The third-order valence-corrected chi connectivity index (χ3v) is 12.2. The number of esters is 1. The summed E-state index contributed by atoms with van der Waals surface area (Å²) < 4.78 is 17.0. The summed E-state index contributed by atoms with van der Waals surface area (Å²) in [4.78, 5) is 74.7. The smallest absolute Gasteiger partial charge is 0.328 e. The molecule has 1 heterocycles. The molecule has 13 nitrogen and oxygen atoms in total. The molecule has 0 aromatic heterocycles. The van der Waals surface area contributed by atoms with Crippen LogP contribution in [0.2, 0.25) is 0 Å². The number of rotatable bonds is 25. The molecule has 0 bridgehead atoms. The van der Waals surface area contributed by atoms with Gasteiger partial charge in [-0.15, -0.1) is 0 Å². The minimum absolute atomic E-state index is 0.00737. The molecule has 0 aliphatic carbocycles. The summed E-state index contributed by atoms with van der Waals surface area (Å²) in [5.74, 6) is -1.79. The zero-order chi connectivity index (χ0) is 44.6. The van der Waals surface area contributed by atoms with Crippen molar-refractivity contribution in [1.82, 2.24) is 25.3 Å². The Morgan fingerprint density at radius 2 is 1.51 bits per heavy atom. The molecule has 1 fully saturated rings. The highest BCUT2D eigenvalue weighted by Gasteiger charge is 2.43. The van der Waals surface area contributed by atoms with Crippen LogP contribution in [0, 0.1) is 29.6 Å². The first kappa shape index (κ1) is 51.6. The number of hydrogen-bond donors (Lipinski definition) is 2. The van der Waals surface area contributed by atoms with E-state index in [9.17, 15) is 24.0 Å². The predicted octanol–water partition coefficient (Wildman–Crippen LogP) is 5.34. The Morgan fingerprint density at radius 1 is 0.864 bits per heavy atom. The predicted molar refractivity (Wildman–Crippen MR) is 232 cm³/mol. The molecule has 0 spiro atoms. The van der Waals surface area contributed by atoms with E-state index in [1.54, 1.807) is 30.9 Å². The third-order valence-electron chi connectivity index (χ3n) is 12.2. The van der Waals surface area contributed by atoms with Crippen LogP contribution in [-0.2, 0) is 44.6 Å². The van der Waals surface area contributed by atoms with Crippen molar-refractivity contribution in [2.45, 2.75) is 150 Å². The number of hydrogen-bond acceptors (Lipinski definition) is 9. The summed E-state index contributed by atoms with van der Waals surface area (Å²) in [6.45, 7) is 19.4. The van der Waals surface area contributed by atoms with E-state index in [4.69, 9.17) is 14.2 Å². The Bertz CT molecular complexity index is 1460. The number of ether oxygens (including phenoxy) is 3. The van der Waals surface area contributed by atoms with Gasteiger partial charge in [-0.3, -0.25) is 24.1 Å². The number of amides is 4. The van der Waals surface area contributed by atoms with Crippen molar-refractivity contribution in [1.29, 1.82) is 0 Å². The molecular formula is C46H79N5O8. The van der Waals surface area contributed by atoms with Crippen molar-refractivity contribution < 1.29 is 38.2 Å². The molecule has 0 radical (unpaired) electrons. The van der Waals surface area contributed by atoms with Crippen molar-refractivity contribution in [3.05, 3.63) is 35.9 Å². The largest absolute Gasteiger partial charge is 0.467 e. The minimum atomic E-state index is -0.892. The van der Waals surface area contributed by atoms with Crippen LogP contribution in [0.5, 0.6) is 0 Å². The molecule has 1 aliphatic heterocycles. The van der Waals surface area contributed by atoms with E-state index < -0.39 is 54.3 Å². The molecule has 59 heavy (non-hydrogen) atoms. The van der Waals surface area contributed by atoms with Crippen LogP contribution in [0.15, 0.2) is 30.3 Å². The van der Waals surface area contributed by atoms with Crippen LogP contribution >= 0.6 is 0 Å². The Morgan fingerprint density at radius 3 is 2.03 bits per heavy atom. The van der Waals surface area contributed by atoms with Crippen molar-refractivity contribution in [3.8, 4) is 0 Å². The fraction of sp³-hybridized carbons (Fsp3) is 0.761. The third kappa shape index (κ3) is 14.8. The van der Waals surface area contributed by atoms with Crippen molar-refractivity contribution in [2.75, 3.05) is 48.5 Å². The summed E-state index contributed by atoms with van der Waals surface area (Å²) in [7, 11) is 8.11. The average Bonchev–Trinajstić information content (AvgIpc) is 3.68. The number of carbonyl (C=O) groups excluding carboxylic acids is 5. The Labute approximate surface area is 356 Å². The minimum Gasteiger partial charge on any atom is -0.467 e. The highest BCUT2D eigenvalue weighted by atomic mass is 16.5. The molecule has 336 valence electrons. The number of nitrogens with one attached hydrogen (secondary N) is 2. The van der Waals surface area contributed by atoms with Gasteiger partial charge in [0.15, 0.2) is 0 Å². The molecule has 0 saturated carbocycles. The molecule has 1 aromatic carbocycles. The molecule has 0 unspecified atom stereocenters. The quantitative estimate of drug-likeness (QED) is 0.125. The van der Waals surface area contributed by atoms with Gasteiger partial charge in [0.2, 0.25) is 23.6 Å². The molecule has 1 aliphatic rings. The van der Waals surface area contributed by atoms with Gasteiger partial charge in [-0.05, 0) is 68.5 Å². The monoisotopic (exact) mass is 830 g/mol. The maximum absolute atomic E-state index is 14.5.